The van der Waals surface area contributed by atoms with Crippen molar-refractivity contribution in [2.24, 2.45) is 7.05 Å². The molecular formula is C19H22N4O2S. The second-order valence-electron chi connectivity index (χ2n) is 6.58. The molecule has 0 aliphatic heterocycles. The Kier molecular flexibility index (Phi) is 4.91. The lowest BCUT2D eigenvalue weighted by Gasteiger charge is -2.13. The van der Waals surface area contributed by atoms with E-state index in [0.29, 0.717) is 16.2 Å². The first kappa shape index (κ1) is 18.3. The molecule has 2 N–H and O–H groups in total. The minimum atomic E-state index is -0.142. The molecule has 7 heteroatoms. The zero-order valence-corrected chi connectivity index (χ0v) is 16.4. The van der Waals surface area contributed by atoms with Gasteiger partial charge in [-0.25, -0.2) is 4.98 Å². The van der Waals surface area contributed by atoms with E-state index in [1.807, 2.05) is 45.9 Å². The fourth-order valence-corrected chi connectivity index (χ4v) is 3.84. The number of hydrogen-bond donors (Lipinski definition) is 2. The van der Waals surface area contributed by atoms with Crippen molar-refractivity contribution in [3.63, 3.8) is 0 Å². The molecule has 0 fully saturated rings. The van der Waals surface area contributed by atoms with Gasteiger partial charge in [-0.2, -0.15) is 0 Å². The van der Waals surface area contributed by atoms with Gasteiger partial charge in [-0.05, 0) is 44.9 Å². The van der Waals surface area contributed by atoms with Crippen LogP contribution < -0.4 is 10.9 Å². The Morgan fingerprint density at radius 3 is 2.50 bits per heavy atom. The van der Waals surface area contributed by atoms with Crippen LogP contribution >= 0.6 is 11.8 Å². The molecule has 0 unspecified atom stereocenters. The van der Waals surface area contributed by atoms with Gasteiger partial charge in [-0.15, -0.1) is 0 Å². The van der Waals surface area contributed by atoms with Gasteiger partial charge in [0.15, 0.2) is 5.16 Å². The molecule has 6 nitrogen and oxygen atoms in total. The average Bonchev–Trinajstić information content (AvgIpc) is 2.93. The van der Waals surface area contributed by atoms with E-state index in [2.05, 4.69) is 15.3 Å². The van der Waals surface area contributed by atoms with E-state index in [0.717, 1.165) is 22.5 Å². The van der Waals surface area contributed by atoms with Crippen molar-refractivity contribution in [3.8, 4) is 0 Å². The van der Waals surface area contributed by atoms with Crippen molar-refractivity contribution in [3.05, 3.63) is 50.9 Å². The number of benzene rings is 1. The highest BCUT2D eigenvalue weighted by Gasteiger charge is 2.13. The van der Waals surface area contributed by atoms with E-state index < -0.39 is 0 Å². The number of aromatic nitrogens is 3. The molecule has 0 saturated carbocycles. The van der Waals surface area contributed by atoms with Crippen LogP contribution in [0.2, 0.25) is 0 Å². The summed E-state index contributed by atoms with van der Waals surface area (Å²) in [5.41, 5.74) is 5.95. The lowest BCUT2D eigenvalue weighted by molar-refractivity contribution is -0.113. The molecule has 0 spiro atoms. The molecular weight excluding hydrogens is 348 g/mol. The van der Waals surface area contributed by atoms with Crippen LogP contribution in [0.4, 0.5) is 5.69 Å². The first-order chi connectivity index (χ1) is 12.3. The smallest absolute Gasteiger partial charge is 0.278 e. The molecule has 0 aliphatic rings. The number of fused-ring (bicyclic) bond motifs is 1. The molecule has 0 bridgehead atoms. The van der Waals surface area contributed by atoms with Gasteiger partial charge >= 0.3 is 0 Å². The summed E-state index contributed by atoms with van der Waals surface area (Å²) in [6.07, 6.45) is 0. The zero-order valence-electron chi connectivity index (χ0n) is 15.6. The van der Waals surface area contributed by atoms with Crippen LogP contribution in [0.25, 0.3) is 11.0 Å². The van der Waals surface area contributed by atoms with E-state index in [9.17, 15) is 9.59 Å². The Bertz CT molecular complexity index is 1040. The number of aryl methyl sites for hydroxylation is 4. The van der Waals surface area contributed by atoms with E-state index in [-0.39, 0.29) is 17.2 Å². The van der Waals surface area contributed by atoms with Crippen LogP contribution in [-0.2, 0) is 11.8 Å². The van der Waals surface area contributed by atoms with Crippen molar-refractivity contribution in [1.29, 1.82) is 0 Å². The third-order valence-corrected chi connectivity index (χ3v) is 5.26. The highest BCUT2D eigenvalue weighted by molar-refractivity contribution is 7.99. The predicted molar refractivity (Wildman–Crippen MR) is 106 cm³/mol. The summed E-state index contributed by atoms with van der Waals surface area (Å²) in [6, 6.07) is 5.92. The van der Waals surface area contributed by atoms with Gasteiger partial charge in [0, 0.05) is 18.4 Å². The van der Waals surface area contributed by atoms with Gasteiger partial charge in [0.1, 0.15) is 5.52 Å². The van der Waals surface area contributed by atoms with Gasteiger partial charge in [0.2, 0.25) is 5.91 Å². The van der Waals surface area contributed by atoms with Gasteiger partial charge < -0.3 is 10.3 Å². The SMILES string of the molecule is Cc1cc(C)c(NC(=O)CSc2nc3cc(C)[nH]c3c(=O)n2C)c(C)c1. The summed E-state index contributed by atoms with van der Waals surface area (Å²) in [5.74, 6) is 0.0618. The molecule has 1 amide bonds. The number of nitrogens with zero attached hydrogens (tertiary/aromatic N) is 2. The number of aromatic amines is 1. The van der Waals surface area contributed by atoms with Crippen molar-refractivity contribution in [2.75, 3.05) is 11.1 Å². The topological polar surface area (TPSA) is 79.8 Å². The lowest BCUT2D eigenvalue weighted by Crippen LogP contribution is -2.21. The standard InChI is InChI=1S/C19H22N4O2S/c1-10-6-11(2)16(12(3)7-10)22-15(24)9-26-19-21-14-8-13(4)20-17(14)18(25)23(19)5/h6-8,20H,9H2,1-5H3,(H,22,24). The van der Waals surface area contributed by atoms with Crippen LogP contribution in [0, 0.1) is 27.7 Å². The van der Waals surface area contributed by atoms with Crippen molar-refractivity contribution in [2.45, 2.75) is 32.9 Å². The number of carbonyl (C=O) groups is 1. The summed E-state index contributed by atoms with van der Waals surface area (Å²) in [4.78, 5) is 32.3. The number of anilines is 1. The fourth-order valence-electron chi connectivity index (χ4n) is 3.07. The Morgan fingerprint density at radius 1 is 1.19 bits per heavy atom. The predicted octanol–water partition coefficient (Wildman–Crippen LogP) is 3.23. The quantitative estimate of drug-likeness (QED) is 0.546. The highest BCUT2D eigenvalue weighted by atomic mass is 32.2. The van der Waals surface area contributed by atoms with Crippen LogP contribution in [0.3, 0.4) is 0 Å². The molecule has 26 heavy (non-hydrogen) atoms. The van der Waals surface area contributed by atoms with E-state index in [1.54, 1.807) is 7.05 Å². The largest absolute Gasteiger partial charge is 0.353 e. The van der Waals surface area contributed by atoms with Gasteiger partial charge in [0.05, 0.1) is 11.3 Å². The van der Waals surface area contributed by atoms with Gasteiger partial charge in [-0.3, -0.25) is 14.2 Å². The maximum atomic E-state index is 12.4. The van der Waals surface area contributed by atoms with Gasteiger partial charge in [0.25, 0.3) is 5.56 Å². The van der Waals surface area contributed by atoms with Crippen molar-refractivity contribution in [1.82, 2.24) is 14.5 Å². The van der Waals surface area contributed by atoms with E-state index >= 15 is 0 Å². The maximum Gasteiger partial charge on any atom is 0.278 e. The number of amides is 1. The molecule has 3 aromatic rings. The normalized spacial score (nSPS) is 11.1. The summed E-state index contributed by atoms with van der Waals surface area (Å²) < 4.78 is 1.47. The molecule has 2 aromatic heterocycles. The molecule has 0 radical (unpaired) electrons. The fraction of sp³-hybridized carbons (Fsp3) is 0.316. The monoisotopic (exact) mass is 370 g/mol. The Labute approximate surface area is 156 Å². The lowest BCUT2D eigenvalue weighted by atomic mass is 10.1. The zero-order chi connectivity index (χ0) is 19.0. The molecule has 0 atom stereocenters. The first-order valence-electron chi connectivity index (χ1n) is 8.33. The van der Waals surface area contributed by atoms with Crippen LogP contribution in [-0.4, -0.2) is 26.2 Å². The summed E-state index contributed by atoms with van der Waals surface area (Å²) in [5, 5.41) is 3.49. The third kappa shape index (κ3) is 3.53. The number of nitrogens with one attached hydrogen (secondary N) is 2. The van der Waals surface area contributed by atoms with E-state index in [1.165, 1.54) is 21.9 Å². The number of rotatable bonds is 4. The number of H-pyrrole nitrogens is 1. The molecule has 0 saturated heterocycles. The van der Waals surface area contributed by atoms with Gasteiger partial charge in [-0.1, -0.05) is 29.5 Å². The summed E-state index contributed by atoms with van der Waals surface area (Å²) in [7, 11) is 1.67. The van der Waals surface area contributed by atoms with Crippen LogP contribution in [0.15, 0.2) is 28.2 Å². The average molecular weight is 370 g/mol. The van der Waals surface area contributed by atoms with Crippen molar-refractivity contribution < 1.29 is 4.79 Å². The third-order valence-electron chi connectivity index (χ3n) is 4.23. The molecule has 136 valence electrons. The highest BCUT2D eigenvalue weighted by Crippen LogP contribution is 2.23. The molecule has 1 aromatic carbocycles. The molecule has 0 aliphatic carbocycles. The summed E-state index contributed by atoms with van der Waals surface area (Å²) in [6.45, 7) is 7.88. The minimum Gasteiger partial charge on any atom is -0.353 e. The Hall–Kier alpha value is -2.54. The number of thioether (sulfide) groups is 1. The number of hydrogen-bond acceptors (Lipinski definition) is 4. The maximum absolute atomic E-state index is 12.4. The second-order valence-corrected chi connectivity index (χ2v) is 7.52. The summed E-state index contributed by atoms with van der Waals surface area (Å²) >= 11 is 1.25. The van der Waals surface area contributed by atoms with Crippen molar-refractivity contribution >= 4 is 34.4 Å². The van der Waals surface area contributed by atoms with E-state index in [4.69, 9.17) is 0 Å². The Balaban J connectivity index is 1.77. The Morgan fingerprint density at radius 2 is 1.85 bits per heavy atom. The minimum absolute atomic E-state index is 0.121. The van der Waals surface area contributed by atoms with Crippen LogP contribution in [0.1, 0.15) is 22.4 Å². The molecule has 2 heterocycles. The first-order valence-corrected chi connectivity index (χ1v) is 9.31. The second kappa shape index (κ2) is 6.99. The number of carbonyl (C=O) groups excluding carboxylic acids is 1. The van der Waals surface area contributed by atoms with Crippen LogP contribution in [0.5, 0.6) is 0 Å². The molecule has 3 rings (SSSR count).